The lowest BCUT2D eigenvalue weighted by molar-refractivity contribution is -0.111. The quantitative estimate of drug-likeness (QED) is 0.751. The second kappa shape index (κ2) is 7.85. The molecule has 0 aliphatic carbocycles. The van der Waals surface area contributed by atoms with Gasteiger partial charge in [-0.25, -0.2) is 0 Å². The van der Waals surface area contributed by atoms with Gasteiger partial charge in [0.15, 0.2) is 0 Å². The summed E-state index contributed by atoms with van der Waals surface area (Å²) in [7, 11) is 0. The van der Waals surface area contributed by atoms with E-state index >= 15 is 0 Å². The Bertz CT molecular complexity index is 818. The Kier molecular flexibility index (Phi) is 5.54. The molecular formula is C20H19BrN2O3. The van der Waals surface area contributed by atoms with E-state index in [2.05, 4.69) is 27.8 Å². The number of rotatable bonds is 4. The molecule has 134 valence electrons. The molecule has 1 heterocycles. The Hall–Kier alpha value is -2.44. The predicted molar refractivity (Wildman–Crippen MR) is 104 cm³/mol. The largest absolute Gasteiger partial charge is 0.391 e. The molecular weight excluding hydrogens is 396 g/mol. The van der Waals surface area contributed by atoms with E-state index < -0.39 is 6.10 Å². The van der Waals surface area contributed by atoms with E-state index in [1.54, 1.807) is 29.2 Å². The van der Waals surface area contributed by atoms with Gasteiger partial charge >= 0.3 is 0 Å². The molecule has 1 aliphatic rings. The maximum atomic E-state index is 12.9. The van der Waals surface area contributed by atoms with Crippen molar-refractivity contribution in [1.82, 2.24) is 4.90 Å². The molecule has 1 fully saturated rings. The minimum atomic E-state index is -0.543. The summed E-state index contributed by atoms with van der Waals surface area (Å²) in [5.74, 6) is -0.446. The van der Waals surface area contributed by atoms with Gasteiger partial charge in [-0.2, -0.15) is 0 Å². The van der Waals surface area contributed by atoms with Crippen molar-refractivity contribution in [3.63, 3.8) is 0 Å². The average molecular weight is 415 g/mol. The second-order valence-corrected chi connectivity index (χ2v) is 7.10. The van der Waals surface area contributed by atoms with Gasteiger partial charge in [-0.05, 0) is 54.5 Å². The number of carbonyl (C=O) groups excluding carboxylic acids is 2. The van der Waals surface area contributed by atoms with Crippen LogP contribution < -0.4 is 5.32 Å². The molecule has 0 bridgehead atoms. The highest BCUT2D eigenvalue weighted by molar-refractivity contribution is 9.10. The van der Waals surface area contributed by atoms with Crippen molar-refractivity contribution in [3.05, 3.63) is 76.8 Å². The third-order valence-corrected chi connectivity index (χ3v) is 4.91. The molecule has 3 rings (SSSR count). The number of amides is 2. The minimum Gasteiger partial charge on any atom is -0.391 e. The van der Waals surface area contributed by atoms with E-state index in [4.69, 9.17) is 0 Å². The number of β-amino-alcohol motifs (C(OH)–C–C–N with tert-alkyl or cyclic N) is 1. The Labute approximate surface area is 160 Å². The number of aliphatic hydroxyl groups is 1. The van der Waals surface area contributed by atoms with Gasteiger partial charge in [0.25, 0.3) is 5.91 Å². The second-order valence-electron chi connectivity index (χ2n) is 6.19. The number of anilines is 1. The Morgan fingerprint density at radius 2 is 1.81 bits per heavy atom. The SMILES string of the molecule is C=CC(=O)Nc1ccc(C(=O)N2CC(O)CC2c2ccc(Br)cc2)cc1. The number of hydrogen-bond acceptors (Lipinski definition) is 3. The van der Waals surface area contributed by atoms with Crippen LogP contribution in [0.3, 0.4) is 0 Å². The zero-order valence-corrected chi connectivity index (χ0v) is 15.6. The molecule has 0 aromatic heterocycles. The normalized spacial score (nSPS) is 19.2. The van der Waals surface area contributed by atoms with E-state index in [9.17, 15) is 14.7 Å². The minimum absolute atomic E-state index is 0.143. The number of nitrogens with zero attached hydrogens (tertiary/aromatic N) is 1. The van der Waals surface area contributed by atoms with Crippen molar-refractivity contribution in [2.45, 2.75) is 18.6 Å². The van der Waals surface area contributed by atoms with E-state index in [0.29, 0.717) is 24.2 Å². The number of likely N-dealkylation sites (tertiary alicyclic amines) is 1. The van der Waals surface area contributed by atoms with Crippen molar-refractivity contribution in [2.75, 3.05) is 11.9 Å². The third-order valence-electron chi connectivity index (χ3n) is 4.38. The fourth-order valence-electron chi connectivity index (χ4n) is 3.09. The van der Waals surface area contributed by atoms with Gasteiger partial charge in [-0.1, -0.05) is 34.6 Å². The molecule has 2 atom stereocenters. The Balaban J connectivity index is 1.79. The third kappa shape index (κ3) is 4.03. The summed E-state index contributed by atoms with van der Waals surface area (Å²) in [5.41, 5.74) is 2.10. The summed E-state index contributed by atoms with van der Waals surface area (Å²) in [5, 5.41) is 12.7. The zero-order chi connectivity index (χ0) is 18.7. The molecule has 1 saturated heterocycles. The molecule has 2 unspecified atom stereocenters. The molecule has 1 aliphatic heterocycles. The van der Waals surface area contributed by atoms with Crippen molar-refractivity contribution in [2.24, 2.45) is 0 Å². The summed E-state index contributed by atoms with van der Waals surface area (Å²) < 4.78 is 0.967. The van der Waals surface area contributed by atoms with Crippen LogP contribution in [0.2, 0.25) is 0 Å². The number of benzene rings is 2. The first-order valence-corrected chi connectivity index (χ1v) is 9.05. The van der Waals surface area contributed by atoms with E-state index in [1.807, 2.05) is 24.3 Å². The summed E-state index contributed by atoms with van der Waals surface area (Å²) in [4.78, 5) is 26.0. The highest BCUT2D eigenvalue weighted by atomic mass is 79.9. The predicted octanol–water partition coefficient (Wildman–Crippen LogP) is 3.52. The van der Waals surface area contributed by atoms with Gasteiger partial charge in [-0.3, -0.25) is 9.59 Å². The van der Waals surface area contributed by atoms with Gasteiger partial charge < -0.3 is 15.3 Å². The van der Waals surface area contributed by atoms with Gasteiger partial charge in [0.05, 0.1) is 12.1 Å². The van der Waals surface area contributed by atoms with Crippen LogP contribution in [0, 0.1) is 0 Å². The molecule has 5 nitrogen and oxygen atoms in total. The number of carbonyl (C=O) groups is 2. The number of nitrogens with one attached hydrogen (secondary N) is 1. The molecule has 0 saturated carbocycles. The van der Waals surface area contributed by atoms with Crippen LogP contribution in [-0.2, 0) is 4.79 Å². The molecule has 26 heavy (non-hydrogen) atoms. The van der Waals surface area contributed by atoms with Crippen LogP contribution in [-0.4, -0.2) is 34.5 Å². The maximum Gasteiger partial charge on any atom is 0.254 e. The van der Waals surface area contributed by atoms with Crippen LogP contribution in [0.4, 0.5) is 5.69 Å². The van der Waals surface area contributed by atoms with Crippen LogP contribution in [0.1, 0.15) is 28.4 Å². The van der Waals surface area contributed by atoms with Crippen LogP contribution in [0.25, 0.3) is 0 Å². The molecule has 2 aromatic rings. The lowest BCUT2D eigenvalue weighted by Gasteiger charge is -2.25. The maximum absolute atomic E-state index is 12.9. The topological polar surface area (TPSA) is 69.6 Å². The lowest BCUT2D eigenvalue weighted by atomic mass is 10.0. The standard InChI is InChI=1S/C20H19BrN2O3/c1-2-19(25)22-16-9-5-14(6-10-16)20(26)23-12-17(24)11-18(23)13-3-7-15(21)8-4-13/h2-10,17-18,24H,1,11-12H2,(H,22,25). The Morgan fingerprint density at radius 3 is 2.42 bits per heavy atom. The van der Waals surface area contributed by atoms with E-state index in [0.717, 1.165) is 10.0 Å². The number of hydrogen-bond donors (Lipinski definition) is 2. The average Bonchev–Trinajstić information content (AvgIpc) is 3.04. The zero-order valence-electron chi connectivity index (χ0n) is 14.1. The molecule has 6 heteroatoms. The lowest BCUT2D eigenvalue weighted by Crippen LogP contribution is -2.31. The first kappa shape index (κ1) is 18.4. The van der Waals surface area contributed by atoms with Crippen molar-refractivity contribution >= 4 is 33.4 Å². The van der Waals surface area contributed by atoms with Gasteiger partial charge in [0.2, 0.25) is 5.91 Å². The number of aliphatic hydroxyl groups excluding tert-OH is 1. The number of halogens is 1. The summed E-state index contributed by atoms with van der Waals surface area (Å²) in [6.45, 7) is 3.71. The first-order chi connectivity index (χ1) is 12.5. The fraction of sp³-hybridized carbons (Fsp3) is 0.200. The fourth-order valence-corrected chi connectivity index (χ4v) is 3.36. The molecule has 2 amide bonds. The van der Waals surface area contributed by atoms with Gasteiger partial charge in [-0.15, -0.1) is 0 Å². The van der Waals surface area contributed by atoms with E-state index in [1.165, 1.54) is 6.08 Å². The van der Waals surface area contributed by atoms with Crippen molar-refractivity contribution < 1.29 is 14.7 Å². The Morgan fingerprint density at radius 1 is 1.15 bits per heavy atom. The molecule has 0 spiro atoms. The van der Waals surface area contributed by atoms with Crippen LogP contribution in [0.15, 0.2) is 65.7 Å². The van der Waals surface area contributed by atoms with Crippen LogP contribution >= 0.6 is 15.9 Å². The smallest absolute Gasteiger partial charge is 0.254 e. The van der Waals surface area contributed by atoms with Gasteiger partial charge in [0.1, 0.15) is 0 Å². The highest BCUT2D eigenvalue weighted by Crippen LogP contribution is 2.34. The molecule has 2 aromatic carbocycles. The van der Waals surface area contributed by atoms with Crippen molar-refractivity contribution in [1.29, 1.82) is 0 Å². The van der Waals surface area contributed by atoms with E-state index in [-0.39, 0.29) is 17.9 Å². The first-order valence-electron chi connectivity index (χ1n) is 8.26. The highest BCUT2D eigenvalue weighted by Gasteiger charge is 2.35. The summed E-state index contributed by atoms with van der Waals surface area (Å²) in [6, 6.07) is 14.3. The van der Waals surface area contributed by atoms with Crippen molar-refractivity contribution in [3.8, 4) is 0 Å². The molecule has 0 radical (unpaired) electrons. The van der Waals surface area contributed by atoms with Gasteiger partial charge in [0, 0.05) is 22.3 Å². The monoisotopic (exact) mass is 414 g/mol. The summed E-state index contributed by atoms with van der Waals surface area (Å²) in [6.07, 6.45) is 1.16. The van der Waals surface area contributed by atoms with Crippen LogP contribution in [0.5, 0.6) is 0 Å². The summed E-state index contributed by atoms with van der Waals surface area (Å²) >= 11 is 3.41. The molecule has 2 N–H and O–H groups in total.